The van der Waals surface area contributed by atoms with E-state index in [2.05, 4.69) is 15.6 Å². The number of urea groups is 1. The Morgan fingerprint density at radius 1 is 1.39 bits per heavy atom. The van der Waals surface area contributed by atoms with Crippen molar-refractivity contribution in [3.8, 4) is 0 Å². The third-order valence-corrected chi connectivity index (χ3v) is 3.72. The Morgan fingerprint density at radius 2 is 2.17 bits per heavy atom. The van der Waals surface area contributed by atoms with Crippen LogP contribution in [0.1, 0.15) is 25.8 Å². The average Bonchev–Trinajstić information content (AvgIpc) is 2.88. The van der Waals surface area contributed by atoms with Gasteiger partial charge in [0, 0.05) is 23.6 Å². The number of H-pyrrole nitrogens is 1. The van der Waals surface area contributed by atoms with Crippen molar-refractivity contribution in [1.82, 2.24) is 15.6 Å². The molecule has 0 spiro atoms. The van der Waals surface area contributed by atoms with Gasteiger partial charge in [-0.1, -0.05) is 13.8 Å². The monoisotopic (exact) mass is 321 g/mol. The molecule has 2 aromatic rings. The van der Waals surface area contributed by atoms with Crippen molar-refractivity contribution in [2.24, 2.45) is 5.92 Å². The number of benzene rings is 1. The van der Waals surface area contributed by atoms with Crippen LogP contribution in [0.4, 0.5) is 9.18 Å². The van der Waals surface area contributed by atoms with Gasteiger partial charge < -0.3 is 20.7 Å². The second-order valence-electron chi connectivity index (χ2n) is 6.16. The lowest BCUT2D eigenvalue weighted by Gasteiger charge is -2.18. The summed E-state index contributed by atoms with van der Waals surface area (Å²) < 4.78 is 13.3. The van der Waals surface area contributed by atoms with E-state index >= 15 is 0 Å². The molecular weight excluding hydrogens is 297 g/mol. The number of rotatable bonds is 7. The molecule has 0 saturated carbocycles. The van der Waals surface area contributed by atoms with E-state index < -0.39 is 0 Å². The van der Waals surface area contributed by atoms with Gasteiger partial charge in [0.15, 0.2) is 0 Å². The maximum absolute atomic E-state index is 13.3. The highest BCUT2D eigenvalue weighted by atomic mass is 19.1. The molecule has 0 saturated heterocycles. The number of halogens is 1. The average molecular weight is 321 g/mol. The lowest BCUT2D eigenvalue weighted by atomic mass is 10.0. The predicted octanol–water partition coefficient (Wildman–Crippen LogP) is 2.56. The lowest BCUT2D eigenvalue weighted by molar-refractivity contribution is 0.207. The van der Waals surface area contributed by atoms with Crippen molar-refractivity contribution < 1.29 is 14.3 Å². The van der Waals surface area contributed by atoms with Gasteiger partial charge in [-0.25, -0.2) is 9.18 Å². The molecule has 1 atom stereocenters. The Kier molecular flexibility index (Phi) is 5.98. The molecule has 0 radical (unpaired) electrons. The van der Waals surface area contributed by atoms with Crippen molar-refractivity contribution in [3.05, 3.63) is 35.8 Å². The summed E-state index contributed by atoms with van der Waals surface area (Å²) in [6.07, 6.45) is 3.16. The summed E-state index contributed by atoms with van der Waals surface area (Å²) >= 11 is 0. The molecule has 1 unspecified atom stereocenters. The van der Waals surface area contributed by atoms with Gasteiger partial charge in [0.25, 0.3) is 0 Å². The summed E-state index contributed by atoms with van der Waals surface area (Å²) in [6, 6.07) is 4.07. The van der Waals surface area contributed by atoms with E-state index in [1.165, 1.54) is 12.1 Å². The maximum Gasteiger partial charge on any atom is 0.315 e. The topological polar surface area (TPSA) is 77.2 Å². The van der Waals surface area contributed by atoms with E-state index in [-0.39, 0.29) is 24.5 Å². The maximum atomic E-state index is 13.3. The molecule has 23 heavy (non-hydrogen) atoms. The summed E-state index contributed by atoms with van der Waals surface area (Å²) in [6.45, 7) is 4.44. The molecule has 0 fully saturated rings. The fourth-order valence-electron chi connectivity index (χ4n) is 2.65. The number of nitrogens with one attached hydrogen (secondary N) is 3. The number of aliphatic hydroxyl groups excluding tert-OH is 1. The first-order chi connectivity index (χ1) is 11.0. The zero-order chi connectivity index (χ0) is 16.8. The van der Waals surface area contributed by atoms with Crippen molar-refractivity contribution >= 4 is 16.9 Å². The van der Waals surface area contributed by atoms with Crippen LogP contribution in [0.15, 0.2) is 24.4 Å². The summed E-state index contributed by atoms with van der Waals surface area (Å²) in [5, 5.41) is 15.6. The quantitative estimate of drug-likeness (QED) is 0.632. The highest BCUT2D eigenvalue weighted by molar-refractivity contribution is 5.83. The number of fused-ring (bicyclic) bond motifs is 1. The zero-order valence-electron chi connectivity index (χ0n) is 13.5. The second-order valence-corrected chi connectivity index (χ2v) is 6.16. The van der Waals surface area contributed by atoms with Crippen LogP contribution in [0.2, 0.25) is 0 Å². The Labute approximate surface area is 135 Å². The first kappa shape index (κ1) is 17.3. The molecule has 0 bridgehead atoms. The molecule has 6 heteroatoms. The van der Waals surface area contributed by atoms with Gasteiger partial charge in [-0.3, -0.25) is 0 Å². The lowest BCUT2D eigenvalue weighted by Crippen LogP contribution is -2.44. The van der Waals surface area contributed by atoms with E-state index in [0.717, 1.165) is 22.9 Å². The number of hydrogen-bond donors (Lipinski definition) is 4. The number of aromatic amines is 1. The van der Waals surface area contributed by atoms with E-state index in [4.69, 9.17) is 0 Å². The van der Waals surface area contributed by atoms with E-state index in [1.807, 2.05) is 20.0 Å². The molecule has 1 aromatic heterocycles. The van der Waals surface area contributed by atoms with E-state index in [9.17, 15) is 14.3 Å². The summed E-state index contributed by atoms with van der Waals surface area (Å²) in [7, 11) is 0. The molecule has 126 valence electrons. The molecule has 4 N–H and O–H groups in total. The van der Waals surface area contributed by atoms with Gasteiger partial charge in [-0.15, -0.1) is 0 Å². The van der Waals surface area contributed by atoms with Crippen LogP contribution in [0.25, 0.3) is 10.9 Å². The summed E-state index contributed by atoms with van der Waals surface area (Å²) in [5.41, 5.74) is 1.84. The highest BCUT2D eigenvalue weighted by Crippen LogP contribution is 2.19. The Morgan fingerprint density at radius 3 is 2.87 bits per heavy atom. The highest BCUT2D eigenvalue weighted by Gasteiger charge is 2.12. The molecular formula is C17H24FN3O2. The van der Waals surface area contributed by atoms with Crippen LogP contribution in [-0.4, -0.2) is 35.3 Å². The van der Waals surface area contributed by atoms with Crippen LogP contribution >= 0.6 is 0 Å². The molecule has 0 aliphatic heterocycles. The minimum atomic E-state index is -0.296. The first-order valence-electron chi connectivity index (χ1n) is 7.90. The van der Waals surface area contributed by atoms with Gasteiger partial charge in [-0.05, 0) is 42.5 Å². The molecule has 1 heterocycles. The Hall–Kier alpha value is -2.08. The zero-order valence-corrected chi connectivity index (χ0v) is 13.5. The van der Waals surface area contributed by atoms with Gasteiger partial charge in [0.1, 0.15) is 5.82 Å². The number of carbonyl (C=O) groups is 1. The molecule has 2 rings (SSSR count). The molecule has 0 aliphatic carbocycles. The van der Waals surface area contributed by atoms with Crippen LogP contribution in [-0.2, 0) is 6.42 Å². The summed E-state index contributed by atoms with van der Waals surface area (Å²) in [5.74, 6) is 0.122. The number of carbonyl (C=O) groups excluding carboxylic acids is 1. The first-order valence-corrected chi connectivity index (χ1v) is 7.90. The second kappa shape index (κ2) is 7.97. The van der Waals surface area contributed by atoms with Crippen LogP contribution < -0.4 is 10.6 Å². The molecule has 1 aromatic carbocycles. The smallest absolute Gasteiger partial charge is 0.315 e. The number of amides is 2. The standard InChI is InChI=1S/C17H24FN3O2/c1-11(2)7-14(10-22)21-17(23)19-6-5-12-9-20-16-4-3-13(18)8-15(12)16/h3-4,8-9,11,14,20,22H,5-7,10H2,1-2H3,(H2,19,21,23). The number of aliphatic hydroxyl groups is 1. The largest absolute Gasteiger partial charge is 0.394 e. The number of hydrogen-bond acceptors (Lipinski definition) is 2. The Bertz CT molecular complexity index is 654. The fraction of sp³-hybridized carbons (Fsp3) is 0.471. The van der Waals surface area contributed by atoms with Crippen molar-refractivity contribution in [1.29, 1.82) is 0 Å². The molecule has 0 aliphatic rings. The van der Waals surface area contributed by atoms with Gasteiger partial charge in [0.05, 0.1) is 12.6 Å². The normalized spacial score (nSPS) is 12.6. The fourth-order valence-corrected chi connectivity index (χ4v) is 2.65. The third kappa shape index (κ3) is 4.96. The van der Waals surface area contributed by atoms with Crippen molar-refractivity contribution in [2.75, 3.05) is 13.2 Å². The Balaban J connectivity index is 1.84. The van der Waals surface area contributed by atoms with Crippen LogP contribution in [0.3, 0.4) is 0 Å². The van der Waals surface area contributed by atoms with Crippen LogP contribution in [0, 0.1) is 11.7 Å². The molecule has 2 amide bonds. The van der Waals surface area contributed by atoms with Crippen LogP contribution in [0.5, 0.6) is 0 Å². The van der Waals surface area contributed by atoms with Gasteiger partial charge in [0.2, 0.25) is 0 Å². The van der Waals surface area contributed by atoms with Gasteiger partial charge >= 0.3 is 6.03 Å². The number of aromatic nitrogens is 1. The van der Waals surface area contributed by atoms with Crippen molar-refractivity contribution in [2.45, 2.75) is 32.7 Å². The van der Waals surface area contributed by atoms with E-state index in [1.54, 1.807) is 6.07 Å². The SMILES string of the molecule is CC(C)CC(CO)NC(=O)NCCc1c[nH]c2ccc(F)cc12. The summed E-state index contributed by atoms with van der Waals surface area (Å²) in [4.78, 5) is 14.9. The molecule has 5 nitrogen and oxygen atoms in total. The minimum Gasteiger partial charge on any atom is -0.394 e. The van der Waals surface area contributed by atoms with Crippen molar-refractivity contribution in [3.63, 3.8) is 0 Å². The third-order valence-electron chi connectivity index (χ3n) is 3.72. The van der Waals surface area contributed by atoms with E-state index in [0.29, 0.717) is 18.9 Å². The minimum absolute atomic E-state index is 0.0761. The van der Waals surface area contributed by atoms with Gasteiger partial charge in [-0.2, -0.15) is 0 Å². The predicted molar refractivity (Wildman–Crippen MR) is 88.8 cm³/mol.